The fourth-order valence-corrected chi connectivity index (χ4v) is 3.61. The van der Waals surface area contributed by atoms with Crippen LogP contribution in [0.4, 0.5) is 0 Å². The quantitative estimate of drug-likeness (QED) is 0.672. The highest BCUT2D eigenvalue weighted by atomic mass is 35.5. The number of nitrogens with two attached hydrogens (primary N) is 1. The van der Waals surface area contributed by atoms with Gasteiger partial charge in [-0.3, -0.25) is 16.3 Å². The summed E-state index contributed by atoms with van der Waals surface area (Å²) < 4.78 is 0. The van der Waals surface area contributed by atoms with Crippen LogP contribution in [0.2, 0.25) is 5.02 Å². The van der Waals surface area contributed by atoms with E-state index in [-0.39, 0.29) is 6.04 Å². The average molecular weight is 302 g/mol. The molecule has 0 saturated carbocycles. The lowest BCUT2D eigenvalue weighted by atomic mass is 9.79. The first-order chi connectivity index (χ1) is 10.2. The molecule has 1 aliphatic rings. The monoisotopic (exact) mass is 301 g/mol. The van der Waals surface area contributed by atoms with Crippen LogP contribution in [0.15, 0.2) is 36.5 Å². The molecule has 0 radical (unpaired) electrons. The van der Waals surface area contributed by atoms with Gasteiger partial charge in [0.05, 0.1) is 6.04 Å². The molecule has 1 heterocycles. The number of nitrogens with zero attached hydrogens (tertiary/aromatic N) is 1. The van der Waals surface area contributed by atoms with Crippen LogP contribution < -0.4 is 11.3 Å². The molecule has 2 atom stereocenters. The smallest absolute Gasteiger partial charge is 0.0546 e. The molecule has 3 rings (SSSR count). The van der Waals surface area contributed by atoms with Gasteiger partial charge in [0.1, 0.15) is 0 Å². The highest BCUT2D eigenvalue weighted by Crippen LogP contribution is 2.39. The van der Waals surface area contributed by atoms with Crippen LogP contribution in [-0.2, 0) is 6.42 Å². The van der Waals surface area contributed by atoms with Crippen molar-refractivity contribution in [1.82, 2.24) is 10.4 Å². The number of halogens is 1. The summed E-state index contributed by atoms with van der Waals surface area (Å²) in [5, 5.41) is 0.759. The van der Waals surface area contributed by atoms with Crippen molar-refractivity contribution in [1.29, 1.82) is 0 Å². The van der Waals surface area contributed by atoms with E-state index in [0.717, 1.165) is 23.4 Å². The van der Waals surface area contributed by atoms with Gasteiger partial charge >= 0.3 is 0 Å². The Hall–Kier alpha value is -1.42. The number of aromatic nitrogens is 1. The molecule has 0 spiro atoms. The number of hydrogen-bond acceptors (Lipinski definition) is 3. The summed E-state index contributed by atoms with van der Waals surface area (Å²) in [5.74, 6) is 6.19. The van der Waals surface area contributed by atoms with E-state index in [2.05, 4.69) is 29.5 Å². The summed E-state index contributed by atoms with van der Waals surface area (Å²) in [6, 6.07) is 10.2. The zero-order valence-corrected chi connectivity index (χ0v) is 12.9. The third-order valence-electron chi connectivity index (χ3n) is 4.39. The van der Waals surface area contributed by atoms with Crippen LogP contribution in [0.1, 0.15) is 47.2 Å². The normalized spacial score (nSPS) is 19.1. The number of hydrogen-bond donors (Lipinski definition) is 2. The Kier molecular flexibility index (Phi) is 4.24. The number of rotatable bonds is 3. The second kappa shape index (κ2) is 6.14. The van der Waals surface area contributed by atoms with Gasteiger partial charge in [-0.05, 0) is 61.1 Å². The minimum atomic E-state index is 0.0659. The van der Waals surface area contributed by atoms with Crippen LogP contribution in [-0.4, -0.2) is 4.98 Å². The van der Waals surface area contributed by atoms with E-state index in [9.17, 15) is 0 Å². The molecule has 3 N–H and O–H groups in total. The third kappa shape index (κ3) is 2.82. The predicted molar refractivity (Wildman–Crippen MR) is 86.2 cm³/mol. The molecule has 2 unspecified atom stereocenters. The molecule has 0 amide bonds. The van der Waals surface area contributed by atoms with Crippen LogP contribution >= 0.6 is 11.6 Å². The second-order valence-corrected chi connectivity index (χ2v) is 6.13. The van der Waals surface area contributed by atoms with E-state index in [1.165, 1.54) is 23.2 Å². The van der Waals surface area contributed by atoms with Gasteiger partial charge in [-0.15, -0.1) is 0 Å². The van der Waals surface area contributed by atoms with Gasteiger partial charge < -0.3 is 0 Å². The van der Waals surface area contributed by atoms with Crippen molar-refractivity contribution in [3.05, 3.63) is 63.9 Å². The van der Waals surface area contributed by atoms with Crippen LogP contribution in [0.3, 0.4) is 0 Å². The summed E-state index contributed by atoms with van der Waals surface area (Å²) in [6.07, 6.45) is 5.26. The van der Waals surface area contributed by atoms with E-state index in [1.807, 2.05) is 24.4 Å². The molecule has 0 aliphatic heterocycles. The van der Waals surface area contributed by atoms with Gasteiger partial charge in [0.25, 0.3) is 0 Å². The summed E-state index contributed by atoms with van der Waals surface area (Å²) >= 11 is 6.07. The lowest BCUT2D eigenvalue weighted by molar-refractivity contribution is 0.398. The molecule has 2 aromatic rings. The van der Waals surface area contributed by atoms with E-state index in [0.29, 0.717) is 5.92 Å². The van der Waals surface area contributed by atoms with E-state index < -0.39 is 0 Å². The van der Waals surface area contributed by atoms with Crippen LogP contribution in [0.5, 0.6) is 0 Å². The molecule has 1 aromatic carbocycles. The van der Waals surface area contributed by atoms with Gasteiger partial charge in [-0.2, -0.15) is 0 Å². The fourth-order valence-electron chi connectivity index (χ4n) is 3.38. The number of nitrogens with one attached hydrogen (secondary N) is 1. The predicted octanol–water partition coefficient (Wildman–Crippen LogP) is 3.67. The lowest BCUT2D eigenvalue weighted by Gasteiger charge is -2.32. The average Bonchev–Trinajstić information content (AvgIpc) is 2.50. The molecular weight excluding hydrogens is 282 g/mol. The maximum absolute atomic E-state index is 6.07. The molecule has 21 heavy (non-hydrogen) atoms. The summed E-state index contributed by atoms with van der Waals surface area (Å²) in [7, 11) is 0. The minimum absolute atomic E-state index is 0.0659. The molecule has 1 aliphatic carbocycles. The third-order valence-corrected chi connectivity index (χ3v) is 4.62. The van der Waals surface area contributed by atoms with Crippen molar-refractivity contribution in [2.24, 2.45) is 5.84 Å². The van der Waals surface area contributed by atoms with Gasteiger partial charge in [0.15, 0.2) is 0 Å². The fraction of sp³-hybridized carbons (Fsp3) is 0.353. The molecule has 4 heteroatoms. The molecule has 0 bridgehead atoms. The van der Waals surface area contributed by atoms with E-state index in [1.54, 1.807) is 0 Å². The Bertz CT molecular complexity index is 642. The molecule has 1 aromatic heterocycles. The van der Waals surface area contributed by atoms with Gasteiger partial charge in [0, 0.05) is 22.8 Å². The Morgan fingerprint density at radius 3 is 3.00 bits per heavy atom. The Morgan fingerprint density at radius 1 is 1.38 bits per heavy atom. The van der Waals surface area contributed by atoms with Crippen LogP contribution in [0.25, 0.3) is 0 Å². The van der Waals surface area contributed by atoms with Crippen molar-refractivity contribution < 1.29 is 0 Å². The molecule has 0 saturated heterocycles. The van der Waals surface area contributed by atoms with Crippen molar-refractivity contribution >= 4 is 11.6 Å². The van der Waals surface area contributed by atoms with Crippen molar-refractivity contribution in [2.75, 3.05) is 0 Å². The second-order valence-electron chi connectivity index (χ2n) is 5.69. The standard InChI is InChI=1S/C17H20ClN3/c1-11-10-13(18)7-8-14(11)17(21-19)15-6-2-4-12-5-3-9-20-16(12)15/h3,5,7-10,15,17,21H,2,4,6,19H2,1H3. The highest BCUT2D eigenvalue weighted by molar-refractivity contribution is 6.30. The molecule has 3 nitrogen and oxygen atoms in total. The number of aryl methyl sites for hydroxylation is 2. The van der Waals surface area contributed by atoms with Crippen molar-refractivity contribution in [3.8, 4) is 0 Å². The number of fused-ring (bicyclic) bond motifs is 1. The first-order valence-corrected chi connectivity index (χ1v) is 7.74. The number of benzene rings is 1. The largest absolute Gasteiger partial charge is 0.271 e. The molecular formula is C17H20ClN3. The summed E-state index contributed by atoms with van der Waals surface area (Å²) in [4.78, 5) is 4.62. The Morgan fingerprint density at radius 2 is 2.24 bits per heavy atom. The summed E-state index contributed by atoms with van der Waals surface area (Å²) in [5.41, 5.74) is 7.90. The van der Waals surface area contributed by atoms with Gasteiger partial charge in [-0.25, -0.2) is 0 Å². The van der Waals surface area contributed by atoms with Crippen LogP contribution in [0, 0.1) is 6.92 Å². The van der Waals surface area contributed by atoms with Crippen molar-refractivity contribution in [3.63, 3.8) is 0 Å². The lowest BCUT2D eigenvalue weighted by Crippen LogP contribution is -2.35. The topological polar surface area (TPSA) is 50.9 Å². The Balaban J connectivity index is 2.01. The first-order valence-electron chi connectivity index (χ1n) is 7.36. The Labute approximate surface area is 130 Å². The maximum Gasteiger partial charge on any atom is 0.0546 e. The highest BCUT2D eigenvalue weighted by Gasteiger charge is 2.30. The maximum atomic E-state index is 6.07. The number of pyridine rings is 1. The van der Waals surface area contributed by atoms with E-state index >= 15 is 0 Å². The molecule has 110 valence electrons. The number of hydrazine groups is 1. The minimum Gasteiger partial charge on any atom is -0.271 e. The zero-order valence-electron chi connectivity index (χ0n) is 12.1. The summed E-state index contributed by atoms with van der Waals surface area (Å²) in [6.45, 7) is 2.08. The zero-order chi connectivity index (χ0) is 14.8. The first kappa shape index (κ1) is 14.5. The van der Waals surface area contributed by atoms with Crippen molar-refractivity contribution in [2.45, 2.75) is 38.1 Å². The van der Waals surface area contributed by atoms with Gasteiger partial charge in [0.2, 0.25) is 0 Å². The van der Waals surface area contributed by atoms with Gasteiger partial charge in [-0.1, -0.05) is 23.7 Å². The molecule has 0 fully saturated rings. The SMILES string of the molecule is Cc1cc(Cl)ccc1C(NN)C1CCCc2cccnc21. The van der Waals surface area contributed by atoms with E-state index in [4.69, 9.17) is 17.4 Å².